The summed E-state index contributed by atoms with van der Waals surface area (Å²) in [6, 6.07) is -0.342. The van der Waals surface area contributed by atoms with Crippen molar-refractivity contribution in [1.82, 2.24) is 15.1 Å². The monoisotopic (exact) mass is 245 g/mol. The molecule has 1 fully saturated rings. The van der Waals surface area contributed by atoms with Crippen LogP contribution in [0, 0.1) is 0 Å². The number of amides is 3. The van der Waals surface area contributed by atoms with Gasteiger partial charge in [0.1, 0.15) is 0 Å². The number of imide groups is 1. The minimum absolute atomic E-state index is 0.0246. The van der Waals surface area contributed by atoms with Crippen molar-refractivity contribution in [3.8, 4) is 0 Å². The molecule has 0 radical (unpaired) electrons. The van der Waals surface area contributed by atoms with E-state index in [0.29, 0.717) is 32.8 Å². The highest BCUT2D eigenvalue weighted by atomic mass is 16.5. The molecule has 0 unspecified atom stereocenters. The summed E-state index contributed by atoms with van der Waals surface area (Å²) in [5.41, 5.74) is 0. The van der Waals surface area contributed by atoms with E-state index >= 15 is 0 Å². The van der Waals surface area contributed by atoms with Crippen molar-refractivity contribution >= 4 is 11.9 Å². The number of rotatable bonds is 7. The standard InChI is InChI=1S/C10H19N3O4/c1-17-7-5-12(4-6-14)8-9(15)13-3-2-11-10(13)16/h14H,2-8H2,1H3,(H,11,16). The van der Waals surface area contributed by atoms with Crippen LogP contribution in [0.25, 0.3) is 0 Å². The highest BCUT2D eigenvalue weighted by molar-refractivity contribution is 5.96. The quantitative estimate of drug-likeness (QED) is 0.569. The van der Waals surface area contributed by atoms with Gasteiger partial charge in [0.05, 0.1) is 19.8 Å². The number of ether oxygens (including phenoxy) is 1. The van der Waals surface area contributed by atoms with E-state index in [0.717, 1.165) is 0 Å². The summed E-state index contributed by atoms with van der Waals surface area (Å²) in [4.78, 5) is 26.0. The lowest BCUT2D eigenvalue weighted by Crippen LogP contribution is -2.43. The van der Waals surface area contributed by atoms with Crippen LogP contribution in [-0.4, -0.2) is 79.9 Å². The summed E-state index contributed by atoms with van der Waals surface area (Å²) in [7, 11) is 1.58. The third-order valence-electron chi connectivity index (χ3n) is 2.54. The molecule has 0 bridgehead atoms. The van der Waals surface area contributed by atoms with Gasteiger partial charge in [-0.05, 0) is 0 Å². The maximum absolute atomic E-state index is 11.8. The zero-order valence-electron chi connectivity index (χ0n) is 10.0. The van der Waals surface area contributed by atoms with E-state index in [1.807, 2.05) is 0 Å². The van der Waals surface area contributed by atoms with Crippen LogP contribution in [0.3, 0.4) is 0 Å². The Morgan fingerprint density at radius 2 is 2.35 bits per heavy atom. The number of carbonyl (C=O) groups excluding carboxylic acids is 2. The van der Waals surface area contributed by atoms with Gasteiger partial charge in [0.15, 0.2) is 0 Å². The lowest BCUT2D eigenvalue weighted by atomic mass is 10.4. The number of aliphatic hydroxyl groups excluding tert-OH is 1. The van der Waals surface area contributed by atoms with Gasteiger partial charge >= 0.3 is 6.03 Å². The van der Waals surface area contributed by atoms with E-state index in [4.69, 9.17) is 9.84 Å². The SMILES string of the molecule is COCCN(CCO)CC(=O)N1CCNC1=O. The van der Waals surface area contributed by atoms with E-state index in [1.165, 1.54) is 4.90 Å². The first-order chi connectivity index (χ1) is 8.19. The van der Waals surface area contributed by atoms with Gasteiger partial charge in [-0.1, -0.05) is 0 Å². The van der Waals surface area contributed by atoms with Crippen molar-refractivity contribution in [2.45, 2.75) is 0 Å². The Balaban J connectivity index is 2.42. The Kier molecular flexibility index (Phi) is 5.88. The third kappa shape index (κ3) is 4.29. The average molecular weight is 245 g/mol. The van der Waals surface area contributed by atoms with Crippen LogP contribution in [-0.2, 0) is 9.53 Å². The van der Waals surface area contributed by atoms with Crippen molar-refractivity contribution in [1.29, 1.82) is 0 Å². The normalized spacial score (nSPS) is 15.5. The molecule has 0 aliphatic carbocycles. The fourth-order valence-electron chi connectivity index (χ4n) is 1.62. The molecule has 0 spiro atoms. The van der Waals surface area contributed by atoms with Crippen molar-refractivity contribution < 1.29 is 19.4 Å². The van der Waals surface area contributed by atoms with E-state index < -0.39 is 0 Å². The Morgan fingerprint density at radius 1 is 1.59 bits per heavy atom. The molecule has 1 aliphatic heterocycles. The molecule has 17 heavy (non-hydrogen) atoms. The first kappa shape index (κ1) is 13.9. The number of aliphatic hydroxyl groups is 1. The first-order valence-electron chi connectivity index (χ1n) is 5.59. The predicted octanol–water partition coefficient (Wildman–Crippen LogP) is -1.52. The van der Waals surface area contributed by atoms with E-state index in [9.17, 15) is 9.59 Å². The van der Waals surface area contributed by atoms with Gasteiger partial charge < -0.3 is 15.2 Å². The second-order valence-corrected chi connectivity index (χ2v) is 3.77. The zero-order valence-corrected chi connectivity index (χ0v) is 10.0. The smallest absolute Gasteiger partial charge is 0.324 e. The van der Waals surface area contributed by atoms with Crippen molar-refractivity contribution in [3.63, 3.8) is 0 Å². The van der Waals surface area contributed by atoms with Crippen molar-refractivity contribution in [3.05, 3.63) is 0 Å². The average Bonchev–Trinajstić information content (AvgIpc) is 2.72. The molecule has 3 amide bonds. The fourth-order valence-corrected chi connectivity index (χ4v) is 1.62. The van der Waals surface area contributed by atoms with Gasteiger partial charge in [0.2, 0.25) is 5.91 Å². The second-order valence-electron chi connectivity index (χ2n) is 3.77. The van der Waals surface area contributed by atoms with Gasteiger partial charge in [0.25, 0.3) is 0 Å². The number of methoxy groups -OCH3 is 1. The number of hydrogen-bond donors (Lipinski definition) is 2. The molecule has 1 saturated heterocycles. The summed E-state index contributed by atoms with van der Waals surface area (Å²) in [6.45, 7) is 2.44. The molecule has 1 aliphatic rings. The van der Waals surface area contributed by atoms with Crippen LogP contribution in [0.15, 0.2) is 0 Å². The number of carbonyl (C=O) groups is 2. The van der Waals surface area contributed by atoms with Crippen LogP contribution >= 0.6 is 0 Å². The molecule has 98 valence electrons. The summed E-state index contributed by atoms with van der Waals surface area (Å²) in [5, 5.41) is 11.5. The maximum atomic E-state index is 11.8. The Hall–Kier alpha value is -1.18. The van der Waals surface area contributed by atoms with Crippen LogP contribution in [0.5, 0.6) is 0 Å². The van der Waals surface area contributed by atoms with Crippen LogP contribution < -0.4 is 5.32 Å². The Labute approximate surface area is 100 Å². The van der Waals surface area contributed by atoms with E-state index in [1.54, 1.807) is 12.0 Å². The van der Waals surface area contributed by atoms with Gasteiger partial charge in [-0.25, -0.2) is 4.79 Å². The van der Waals surface area contributed by atoms with Gasteiger partial charge in [-0.3, -0.25) is 14.6 Å². The summed E-state index contributed by atoms with van der Waals surface area (Å²) in [6.07, 6.45) is 0. The lowest BCUT2D eigenvalue weighted by Gasteiger charge is -2.22. The topological polar surface area (TPSA) is 82.1 Å². The van der Waals surface area contributed by atoms with Gasteiger partial charge in [-0.2, -0.15) is 0 Å². The summed E-state index contributed by atoms with van der Waals surface area (Å²) >= 11 is 0. The predicted molar refractivity (Wildman–Crippen MR) is 60.5 cm³/mol. The molecule has 1 rings (SSSR count). The molecule has 0 saturated carbocycles. The Morgan fingerprint density at radius 3 is 2.88 bits per heavy atom. The molecule has 1 heterocycles. The second kappa shape index (κ2) is 7.21. The van der Waals surface area contributed by atoms with Gasteiger partial charge in [0, 0.05) is 33.3 Å². The zero-order chi connectivity index (χ0) is 12.7. The molecular formula is C10H19N3O4. The molecule has 0 aromatic rings. The molecule has 0 aromatic carbocycles. The molecule has 0 atom stereocenters. The minimum atomic E-state index is -0.342. The lowest BCUT2D eigenvalue weighted by molar-refractivity contribution is -0.129. The molecular weight excluding hydrogens is 226 g/mol. The number of nitrogens with one attached hydrogen (secondary N) is 1. The summed E-state index contributed by atoms with van der Waals surface area (Å²) < 4.78 is 4.92. The van der Waals surface area contributed by atoms with Crippen LogP contribution in [0.4, 0.5) is 4.79 Å². The molecule has 7 nitrogen and oxygen atoms in total. The molecule has 0 aromatic heterocycles. The number of hydrogen-bond acceptors (Lipinski definition) is 5. The third-order valence-corrected chi connectivity index (χ3v) is 2.54. The highest BCUT2D eigenvalue weighted by Gasteiger charge is 2.26. The van der Waals surface area contributed by atoms with Gasteiger partial charge in [-0.15, -0.1) is 0 Å². The summed E-state index contributed by atoms with van der Waals surface area (Å²) in [5.74, 6) is -0.246. The van der Waals surface area contributed by atoms with Crippen molar-refractivity contribution in [2.24, 2.45) is 0 Å². The van der Waals surface area contributed by atoms with E-state index in [2.05, 4.69) is 5.32 Å². The number of urea groups is 1. The number of nitrogens with zero attached hydrogens (tertiary/aromatic N) is 2. The molecule has 7 heteroatoms. The first-order valence-corrected chi connectivity index (χ1v) is 5.59. The highest BCUT2D eigenvalue weighted by Crippen LogP contribution is 1.99. The fraction of sp³-hybridized carbons (Fsp3) is 0.800. The van der Waals surface area contributed by atoms with Crippen LogP contribution in [0.2, 0.25) is 0 Å². The molecule has 2 N–H and O–H groups in total. The minimum Gasteiger partial charge on any atom is -0.395 e. The Bertz CT molecular complexity index is 272. The van der Waals surface area contributed by atoms with E-state index in [-0.39, 0.29) is 25.1 Å². The van der Waals surface area contributed by atoms with Crippen LogP contribution in [0.1, 0.15) is 0 Å². The largest absolute Gasteiger partial charge is 0.395 e. The van der Waals surface area contributed by atoms with Crippen molar-refractivity contribution in [2.75, 3.05) is 53.0 Å². The maximum Gasteiger partial charge on any atom is 0.324 e.